The first-order valence-electron chi connectivity index (χ1n) is 8.40. The van der Waals surface area contributed by atoms with Crippen molar-refractivity contribution >= 4 is 45.6 Å². The SMILES string of the molecule is CN(C)CCn1ccc2c(NC(=O)c3cc(Cl)ccc3Cl)cccc2c1=O. The van der Waals surface area contributed by atoms with Gasteiger partial charge in [0.25, 0.3) is 11.5 Å². The monoisotopic (exact) mass is 403 g/mol. The first kappa shape index (κ1) is 19.4. The molecule has 140 valence electrons. The van der Waals surface area contributed by atoms with E-state index in [9.17, 15) is 9.59 Å². The minimum absolute atomic E-state index is 0.0914. The largest absolute Gasteiger partial charge is 0.321 e. The van der Waals surface area contributed by atoms with Gasteiger partial charge in [-0.1, -0.05) is 29.3 Å². The fourth-order valence-electron chi connectivity index (χ4n) is 2.77. The number of hydrogen-bond acceptors (Lipinski definition) is 3. The minimum Gasteiger partial charge on any atom is -0.321 e. The summed E-state index contributed by atoms with van der Waals surface area (Å²) in [7, 11) is 3.92. The molecule has 3 aromatic rings. The number of halogens is 2. The average Bonchev–Trinajstić information content (AvgIpc) is 2.63. The Balaban J connectivity index is 1.96. The lowest BCUT2D eigenvalue weighted by atomic mass is 10.1. The summed E-state index contributed by atoms with van der Waals surface area (Å²) in [5.74, 6) is -0.383. The molecule has 0 unspecified atom stereocenters. The summed E-state index contributed by atoms with van der Waals surface area (Å²) >= 11 is 12.1. The van der Waals surface area contributed by atoms with Gasteiger partial charge in [-0.15, -0.1) is 0 Å². The smallest absolute Gasteiger partial charge is 0.258 e. The van der Waals surface area contributed by atoms with Crippen LogP contribution in [0.1, 0.15) is 10.4 Å². The van der Waals surface area contributed by atoms with Crippen molar-refractivity contribution in [3.05, 3.63) is 74.6 Å². The van der Waals surface area contributed by atoms with Crippen LogP contribution >= 0.6 is 23.2 Å². The van der Waals surface area contributed by atoms with E-state index in [2.05, 4.69) is 5.32 Å². The number of nitrogens with one attached hydrogen (secondary N) is 1. The second-order valence-corrected chi connectivity index (χ2v) is 7.31. The Kier molecular flexibility index (Phi) is 5.85. The minimum atomic E-state index is -0.383. The molecule has 1 aromatic heterocycles. The number of carbonyl (C=O) groups excluding carboxylic acids is 1. The Morgan fingerprint density at radius 3 is 2.63 bits per heavy atom. The van der Waals surface area contributed by atoms with Crippen molar-refractivity contribution in [3.63, 3.8) is 0 Å². The topological polar surface area (TPSA) is 54.3 Å². The summed E-state index contributed by atoms with van der Waals surface area (Å²) in [5, 5.41) is 4.78. The lowest BCUT2D eigenvalue weighted by Gasteiger charge is -2.13. The molecule has 0 bridgehead atoms. The standard InChI is InChI=1S/C20H19Cl2N3O2/c1-24(2)10-11-25-9-8-14-15(20(25)27)4-3-5-18(14)23-19(26)16-12-13(21)6-7-17(16)22/h3-9,12H,10-11H2,1-2H3,(H,23,26). The van der Waals surface area contributed by atoms with Crippen molar-refractivity contribution in [3.8, 4) is 0 Å². The van der Waals surface area contributed by atoms with Crippen LogP contribution in [0.3, 0.4) is 0 Å². The van der Waals surface area contributed by atoms with Crippen LogP contribution in [0.15, 0.2) is 53.5 Å². The second kappa shape index (κ2) is 8.13. The lowest BCUT2D eigenvalue weighted by molar-refractivity contribution is 0.102. The first-order valence-corrected chi connectivity index (χ1v) is 9.15. The van der Waals surface area contributed by atoms with Crippen molar-refractivity contribution < 1.29 is 4.79 Å². The molecule has 0 aliphatic carbocycles. The van der Waals surface area contributed by atoms with Crippen LogP contribution in [0.5, 0.6) is 0 Å². The van der Waals surface area contributed by atoms with Crippen LogP contribution in [0.25, 0.3) is 10.8 Å². The number of nitrogens with zero attached hydrogens (tertiary/aromatic N) is 2. The molecule has 1 heterocycles. The normalized spacial score (nSPS) is 11.1. The van der Waals surface area contributed by atoms with E-state index in [4.69, 9.17) is 23.2 Å². The van der Waals surface area contributed by atoms with E-state index in [0.29, 0.717) is 33.0 Å². The fraction of sp³-hybridized carbons (Fsp3) is 0.200. The number of benzene rings is 2. The van der Waals surface area contributed by atoms with Crippen LogP contribution in [-0.2, 0) is 6.54 Å². The van der Waals surface area contributed by atoms with Gasteiger partial charge in [0.2, 0.25) is 0 Å². The number of amides is 1. The highest BCUT2D eigenvalue weighted by Gasteiger charge is 2.14. The van der Waals surface area contributed by atoms with E-state index in [-0.39, 0.29) is 17.0 Å². The van der Waals surface area contributed by atoms with Crippen molar-refractivity contribution in [1.82, 2.24) is 9.47 Å². The lowest BCUT2D eigenvalue weighted by Crippen LogP contribution is -2.26. The molecule has 1 N–H and O–H groups in total. The quantitative estimate of drug-likeness (QED) is 0.696. The Hall–Kier alpha value is -2.34. The molecular formula is C20H19Cl2N3O2. The third kappa shape index (κ3) is 4.33. The van der Waals surface area contributed by atoms with Gasteiger partial charge in [0.1, 0.15) is 0 Å². The van der Waals surface area contributed by atoms with Crippen LogP contribution in [0.4, 0.5) is 5.69 Å². The molecule has 2 aromatic carbocycles. The molecule has 1 amide bonds. The summed E-state index contributed by atoms with van der Waals surface area (Å²) in [6.07, 6.45) is 1.75. The number of rotatable bonds is 5. The van der Waals surface area contributed by atoms with Crippen molar-refractivity contribution in [1.29, 1.82) is 0 Å². The number of pyridine rings is 1. The predicted octanol–water partition coefficient (Wildman–Crippen LogP) is 4.12. The van der Waals surface area contributed by atoms with Crippen LogP contribution in [0.2, 0.25) is 10.0 Å². The molecular weight excluding hydrogens is 385 g/mol. The third-order valence-electron chi connectivity index (χ3n) is 4.23. The Labute approximate surface area is 167 Å². The van der Waals surface area contributed by atoms with E-state index in [1.54, 1.807) is 41.1 Å². The number of anilines is 1. The maximum Gasteiger partial charge on any atom is 0.258 e. The zero-order chi connectivity index (χ0) is 19.6. The molecule has 0 saturated heterocycles. The Bertz CT molecular complexity index is 1060. The summed E-state index contributed by atoms with van der Waals surface area (Å²) < 4.78 is 1.67. The summed E-state index contributed by atoms with van der Waals surface area (Å²) in [4.78, 5) is 27.4. The molecule has 0 saturated carbocycles. The molecule has 0 spiro atoms. The molecule has 3 rings (SSSR count). The van der Waals surface area contributed by atoms with Gasteiger partial charge in [0, 0.05) is 40.8 Å². The van der Waals surface area contributed by atoms with E-state index < -0.39 is 0 Å². The third-order valence-corrected chi connectivity index (χ3v) is 4.79. The maximum absolute atomic E-state index is 12.7. The van der Waals surface area contributed by atoms with Gasteiger partial charge < -0.3 is 14.8 Å². The highest BCUT2D eigenvalue weighted by atomic mass is 35.5. The molecule has 0 fully saturated rings. The molecule has 0 aliphatic rings. The molecule has 0 aliphatic heterocycles. The van der Waals surface area contributed by atoms with Crippen molar-refractivity contribution in [2.45, 2.75) is 6.54 Å². The van der Waals surface area contributed by atoms with E-state index in [1.807, 2.05) is 25.1 Å². The van der Waals surface area contributed by atoms with E-state index in [1.165, 1.54) is 6.07 Å². The molecule has 0 radical (unpaired) electrons. The maximum atomic E-state index is 12.7. The molecule has 27 heavy (non-hydrogen) atoms. The zero-order valence-electron chi connectivity index (χ0n) is 15.0. The van der Waals surface area contributed by atoms with Gasteiger partial charge in [-0.05, 0) is 50.5 Å². The molecule has 5 nitrogen and oxygen atoms in total. The number of fused-ring (bicyclic) bond motifs is 1. The van der Waals surface area contributed by atoms with Gasteiger partial charge >= 0.3 is 0 Å². The number of carbonyl (C=O) groups is 1. The average molecular weight is 404 g/mol. The Morgan fingerprint density at radius 2 is 1.89 bits per heavy atom. The second-order valence-electron chi connectivity index (χ2n) is 6.46. The molecule has 0 atom stereocenters. The summed E-state index contributed by atoms with van der Waals surface area (Å²) in [6, 6.07) is 11.8. The number of hydrogen-bond donors (Lipinski definition) is 1. The zero-order valence-corrected chi connectivity index (χ0v) is 16.5. The first-order chi connectivity index (χ1) is 12.9. The van der Waals surface area contributed by atoms with Crippen LogP contribution in [0, 0.1) is 0 Å². The van der Waals surface area contributed by atoms with Gasteiger partial charge in [-0.25, -0.2) is 0 Å². The van der Waals surface area contributed by atoms with Gasteiger partial charge in [-0.2, -0.15) is 0 Å². The van der Waals surface area contributed by atoms with Crippen LogP contribution < -0.4 is 10.9 Å². The number of aromatic nitrogens is 1. The van der Waals surface area contributed by atoms with Crippen molar-refractivity contribution in [2.75, 3.05) is 26.0 Å². The predicted molar refractivity (Wildman–Crippen MR) is 111 cm³/mol. The van der Waals surface area contributed by atoms with Gasteiger partial charge in [0.15, 0.2) is 0 Å². The fourth-order valence-corrected chi connectivity index (χ4v) is 3.15. The van der Waals surface area contributed by atoms with Gasteiger partial charge in [0.05, 0.1) is 10.6 Å². The summed E-state index contributed by atoms with van der Waals surface area (Å²) in [6.45, 7) is 1.35. The van der Waals surface area contributed by atoms with E-state index in [0.717, 1.165) is 6.54 Å². The Morgan fingerprint density at radius 1 is 1.11 bits per heavy atom. The van der Waals surface area contributed by atoms with Crippen LogP contribution in [-0.4, -0.2) is 36.0 Å². The summed E-state index contributed by atoms with van der Waals surface area (Å²) in [5.41, 5.74) is 0.733. The number of likely N-dealkylation sites (N-methyl/N-ethyl adjacent to an activating group) is 1. The highest BCUT2D eigenvalue weighted by Crippen LogP contribution is 2.25. The molecule has 7 heteroatoms. The van der Waals surface area contributed by atoms with E-state index >= 15 is 0 Å². The van der Waals surface area contributed by atoms with Crippen molar-refractivity contribution in [2.24, 2.45) is 0 Å². The van der Waals surface area contributed by atoms with Gasteiger partial charge in [-0.3, -0.25) is 9.59 Å². The highest BCUT2D eigenvalue weighted by molar-refractivity contribution is 6.36.